The van der Waals surface area contributed by atoms with Crippen LogP contribution >= 0.6 is 0 Å². The molecule has 21 heavy (non-hydrogen) atoms. The van der Waals surface area contributed by atoms with Crippen molar-refractivity contribution in [2.24, 2.45) is 0 Å². The van der Waals surface area contributed by atoms with Gasteiger partial charge in [0.15, 0.2) is 0 Å². The summed E-state index contributed by atoms with van der Waals surface area (Å²) < 4.78 is 0. The van der Waals surface area contributed by atoms with Gasteiger partial charge in [-0.15, -0.1) is 0 Å². The topological polar surface area (TPSA) is 66.5 Å². The summed E-state index contributed by atoms with van der Waals surface area (Å²) in [6.45, 7) is 2.76. The number of H-pyrrole nitrogens is 1. The summed E-state index contributed by atoms with van der Waals surface area (Å²) in [6.07, 6.45) is 3.65. The van der Waals surface area contributed by atoms with Crippen LogP contribution in [0, 0.1) is 0 Å². The van der Waals surface area contributed by atoms with Crippen LogP contribution in [0.2, 0.25) is 0 Å². The molecule has 1 atom stereocenters. The Morgan fingerprint density at radius 2 is 1.95 bits per heavy atom. The van der Waals surface area contributed by atoms with Crippen LogP contribution in [0.5, 0.6) is 0 Å². The van der Waals surface area contributed by atoms with Crippen molar-refractivity contribution < 1.29 is 0 Å². The SMILES string of the molecule is CC(NCc1n[nH]nc1-c1ccccc1)c1cccnc1. The zero-order valence-corrected chi connectivity index (χ0v) is 11.8. The van der Waals surface area contributed by atoms with E-state index >= 15 is 0 Å². The fraction of sp³-hybridized carbons (Fsp3) is 0.188. The summed E-state index contributed by atoms with van der Waals surface area (Å²) in [4.78, 5) is 4.14. The highest BCUT2D eigenvalue weighted by Crippen LogP contribution is 2.19. The first-order valence-electron chi connectivity index (χ1n) is 6.93. The molecule has 1 unspecified atom stereocenters. The lowest BCUT2D eigenvalue weighted by Gasteiger charge is -2.13. The van der Waals surface area contributed by atoms with E-state index in [0.29, 0.717) is 6.54 Å². The van der Waals surface area contributed by atoms with E-state index < -0.39 is 0 Å². The maximum atomic E-state index is 4.25. The van der Waals surface area contributed by atoms with Crippen molar-refractivity contribution in [1.82, 2.24) is 25.7 Å². The van der Waals surface area contributed by atoms with Crippen molar-refractivity contribution in [3.05, 3.63) is 66.1 Å². The van der Waals surface area contributed by atoms with Gasteiger partial charge in [0.1, 0.15) is 11.4 Å². The zero-order valence-electron chi connectivity index (χ0n) is 11.8. The highest BCUT2D eigenvalue weighted by molar-refractivity contribution is 5.60. The van der Waals surface area contributed by atoms with Crippen LogP contribution in [-0.4, -0.2) is 20.4 Å². The standard InChI is InChI=1S/C16H17N5/c1-12(14-8-5-9-17-10-14)18-11-15-16(20-21-19-15)13-6-3-2-4-7-13/h2-10,12,18H,11H2,1H3,(H,19,20,21). The second-order valence-corrected chi connectivity index (χ2v) is 4.87. The van der Waals surface area contributed by atoms with Crippen molar-refractivity contribution in [2.45, 2.75) is 19.5 Å². The summed E-state index contributed by atoms with van der Waals surface area (Å²) in [5.41, 5.74) is 4.03. The summed E-state index contributed by atoms with van der Waals surface area (Å²) in [7, 11) is 0. The number of aromatic amines is 1. The minimum Gasteiger partial charge on any atom is -0.304 e. The van der Waals surface area contributed by atoms with Gasteiger partial charge in [0.05, 0.1) is 0 Å². The Labute approximate surface area is 123 Å². The van der Waals surface area contributed by atoms with Crippen LogP contribution in [0.4, 0.5) is 0 Å². The number of nitrogens with one attached hydrogen (secondary N) is 2. The summed E-state index contributed by atoms with van der Waals surface area (Å²) in [5.74, 6) is 0. The molecule has 0 saturated carbocycles. The molecular weight excluding hydrogens is 262 g/mol. The van der Waals surface area contributed by atoms with Gasteiger partial charge in [-0.2, -0.15) is 15.4 Å². The Kier molecular flexibility index (Phi) is 4.02. The summed E-state index contributed by atoms with van der Waals surface area (Å²) in [5, 5.41) is 14.6. The van der Waals surface area contributed by atoms with Crippen molar-refractivity contribution in [3.8, 4) is 11.3 Å². The van der Waals surface area contributed by atoms with Gasteiger partial charge in [0, 0.05) is 30.5 Å². The highest BCUT2D eigenvalue weighted by Gasteiger charge is 2.11. The molecule has 5 heteroatoms. The number of hydrogen-bond donors (Lipinski definition) is 2. The molecule has 0 aliphatic rings. The zero-order chi connectivity index (χ0) is 14.5. The first-order valence-corrected chi connectivity index (χ1v) is 6.93. The summed E-state index contributed by atoms with van der Waals surface area (Å²) >= 11 is 0. The molecule has 0 spiro atoms. The molecule has 2 heterocycles. The molecule has 0 aliphatic heterocycles. The van der Waals surface area contributed by atoms with Crippen LogP contribution in [0.3, 0.4) is 0 Å². The molecule has 0 fully saturated rings. The molecule has 3 rings (SSSR count). The smallest absolute Gasteiger partial charge is 0.117 e. The monoisotopic (exact) mass is 279 g/mol. The van der Waals surface area contributed by atoms with Crippen LogP contribution < -0.4 is 5.32 Å². The molecule has 106 valence electrons. The molecule has 0 saturated heterocycles. The Morgan fingerprint density at radius 1 is 1.10 bits per heavy atom. The van der Waals surface area contributed by atoms with Crippen molar-refractivity contribution in [2.75, 3.05) is 0 Å². The molecule has 0 aliphatic carbocycles. The maximum Gasteiger partial charge on any atom is 0.117 e. The first-order chi connectivity index (χ1) is 10.3. The van der Waals surface area contributed by atoms with E-state index in [1.54, 1.807) is 6.20 Å². The third-order valence-corrected chi connectivity index (χ3v) is 3.43. The summed E-state index contributed by atoms with van der Waals surface area (Å²) in [6, 6.07) is 14.3. The number of benzene rings is 1. The third kappa shape index (κ3) is 3.14. The van der Waals surface area contributed by atoms with Gasteiger partial charge in [0.2, 0.25) is 0 Å². The minimum absolute atomic E-state index is 0.207. The van der Waals surface area contributed by atoms with Crippen LogP contribution in [0.25, 0.3) is 11.3 Å². The van der Waals surface area contributed by atoms with Gasteiger partial charge < -0.3 is 5.32 Å². The number of hydrogen-bond acceptors (Lipinski definition) is 4. The largest absolute Gasteiger partial charge is 0.304 e. The van der Waals surface area contributed by atoms with E-state index in [0.717, 1.165) is 22.5 Å². The maximum absolute atomic E-state index is 4.25. The van der Waals surface area contributed by atoms with E-state index in [1.165, 1.54) is 0 Å². The first kappa shape index (κ1) is 13.5. The molecule has 1 aromatic carbocycles. The fourth-order valence-electron chi connectivity index (χ4n) is 2.20. The van der Waals surface area contributed by atoms with E-state index in [-0.39, 0.29) is 6.04 Å². The van der Waals surface area contributed by atoms with Gasteiger partial charge >= 0.3 is 0 Å². The molecular formula is C16H17N5. The Morgan fingerprint density at radius 3 is 2.71 bits per heavy atom. The quantitative estimate of drug-likeness (QED) is 0.753. The average Bonchev–Trinajstić information content (AvgIpc) is 3.03. The van der Waals surface area contributed by atoms with Gasteiger partial charge in [0.25, 0.3) is 0 Å². The Hall–Kier alpha value is -2.53. The van der Waals surface area contributed by atoms with Gasteiger partial charge in [-0.25, -0.2) is 0 Å². The number of pyridine rings is 1. The van der Waals surface area contributed by atoms with Gasteiger partial charge in [-0.1, -0.05) is 36.4 Å². The lowest BCUT2D eigenvalue weighted by atomic mass is 10.1. The second kappa shape index (κ2) is 6.28. The number of nitrogens with zero attached hydrogens (tertiary/aromatic N) is 3. The average molecular weight is 279 g/mol. The van der Waals surface area contributed by atoms with E-state index in [2.05, 4.69) is 38.7 Å². The van der Waals surface area contributed by atoms with Gasteiger partial charge in [-0.3, -0.25) is 4.98 Å². The molecule has 2 N–H and O–H groups in total. The second-order valence-electron chi connectivity index (χ2n) is 4.87. The third-order valence-electron chi connectivity index (χ3n) is 3.43. The van der Waals surface area contributed by atoms with E-state index in [9.17, 15) is 0 Å². The lowest BCUT2D eigenvalue weighted by molar-refractivity contribution is 0.566. The minimum atomic E-state index is 0.207. The lowest BCUT2D eigenvalue weighted by Crippen LogP contribution is -2.18. The normalized spacial score (nSPS) is 12.2. The molecule has 5 nitrogen and oxygen atoms in total. The number of aromatic nitrogens is 4. The molecule has 0 radical (unpaired) electrons. The Balaban J connectivity index is 1.71. The van der Waals surface area contributed by atoms with Crippen molar-refractivity contribution in [3.63, 3.8) is 0 Å². The highest BCUT2D eigenvalue weighted by atomic mass is 15.3. The number of rotatable bonds is 5. The predicted octanol–water partition coefficient (Wildman–Crippen LogP) is 2.72. The van der Waals surface area contributed by atoms with E-state index in [4.69, 9.17) is 0 Å². The molecule has 3 aromatic rings. The molecule has 2 aromatic heterocycles. The Bertz CT molecular complexity index is 678. The van der Waals surface area contributed by atoms with E-state index in [1.807, 2.05) is 42.6 Å². The van der Waals surface area contributed by atoms with Crippen molar-refractivity contribution >= 4 is 0 Å². The molecule has 0 bridgehead atoms. The van der Waals surface area contributed by atoms with Crippen LogP contribution in [0.15, 0.2) is 54.9 Å². The predicted molar refractivity (Wildman–Crippen MR) is 81.3 cm³/mol. The fourth-order valence-corrected chi connectivity index (χ4v) is 2.20. The van der Waals surface area contributed by atoms with Crippen molar-refractivity contribution in [1.29, 1.82) is 0 Å². The van der Waals surface area contributed by atoms with Gasteiger partial charge in [-0.05, 0) is 18.6 Å². The molecule has 0 amide bonds. The van der Waals surface area contributed by atoms with Crippen LogP contribution in [0.1, 0.15) is 24.2 Å². The van der Waals surface area contributed by atoms with Crippen LogP contribution in [-0.2, 0) is 6.54 Å².